The van der Waals surface area contributed by atoms with Crippen molar-refractivity contribution in [3.8, 4) is 11.5 Å². The molecule has 0 aliphatic carbocycles. The van der Waals surface area contributed by atoms with Crippen LogP contribution in [-0.2, 0) is 17.6 Å². The smallest absolute Gasteiger partial charge is 0.224 e. The fraction of sp³-hybridized carbons (Fsp3) is 0.316. The Hall–Kier alpha value is -2.20. The molecule has 5 heteroatoms. The Labute approximate surface area is 147 Å². The van der Waals surface area contributed by atoms with Crippen molar-refractivity contribution in [2.24, 2.45) is 0 Å². The maximum absolute atomic E-state index is 12.2. The van der Waals surface area contributed by atoms with E-state index in [1.54, 1.807) is 32.4 Å². The monoisotopic (exact) mass is 347 g/mol. The molecule has 1 amide bonds. The summed E-state index contributed by atoms with van der Waals surface area (Å²) in [5, 5.41) is 3.51. The molecule has 0 unspecified atom stereocenters. The Bertz CT molecular complexity index is 716. The van der Waals surface area contributed by atoms with Gasteiger partial charge in [-0.3, -0.25) is 4.79 Å². The van der Waals surface area contributed by atoms with Gasteiger partial charge in [-0.15, -0.1) is 0 Å². The van der Waals surface area contributed by atoms with E-state index in [2.05, 4.69) is 11.4 Å². The molecule has 4 nitrogen and oxygen atoms in total. The quantitative estimate of drug-likeness (QED) is 0.833. The van der Waals surface area contributed by atoms with Crippen LogP contribution in [0.15, 0.2) is 36.4 Å². The van der Waals surface area contributed by atoms with Crippen molar-refractivity contribution in [1.82, 2.24) is 5.32 Å². The molecular weight excluding hydrogens is 326 g/mol. The summed E-state index contributed by atoms with van der Waals surface area (Å²) in [5.41, 5.74) is 3.02. The number of halogens is 1. The summed E-state index contributed by atoms with van der Waals surface area (Å²) in [6.07, 6.45) is 0.942. The minimum Gasteiger partial charge on any atom is -0.496 e. The SMILES string of the molecule is COc1ccc(C)cc1CCNC(=O)Cc1cc(Cl)ccc1OC. The van der Waals surface area contributed by atoms with Gasteiger partial charge in [-0.2, -0.15) is 0 Å². The van der Waals surface area contributed by atoms with Gasteiger partial charge in [0.2, 0.25) is 5.91 Å². The zero-order chi connectivity index (χ0) is 17.5. The number of hydrogen-bond acceptors (Lipinski definition) is 3. The van der Waals surface area contributed by atoms with Crippen LogP contribution in [0.4, 0.5) is 0 Å². The van der Waals surface area contributed by atoms with Crippen LogP contribution in [0, 0.1) is 6.92 Å². The maximum atomic E-state index is 12.2. The molecule has 2 aromatic carbocycles. The molecule has 0 heterocycles. The predicted molar refractivity (Wildman–Crippen MR) is 96.2 cm³/mol. The number of aryl methyl sites for hydroxylation is 1. The van der Waals surface area contributed by atoms with Crippen molar-refractivity contribution in [3.05, 3.63) is 58.1 Å². The maximum Gasteiger partial charge on any atom is 0.224 e. The van der Waals surface area contributed by atoms with E-state index >= 15 is 0 Å². The van der Waals surface area contributed by atoms with Crippen LogP contribution in [0.3, 0.4) is 0 Å². The molecule has 0 saturated heterocycles. The second-order valence-corrected chi connectivity index (χ2v) is 5.98. The third-order valence-corrected chi connectivity index (χ3v) is 3.98. The van der Waals surface area contributed by atoms with Gasteiger partial charge < -0.3 is 14.8 Å². The minimum atomic E-state index is -0.0674. The van der Waals surface area contributed by atoms with Gasteiger partial charge in [-0.25, -0.2) is 0 Å². The van der Waals surface area contributed by atoms with Crippen molar-refractivity contribution in [1.29, 1.82) is 0 Å². The number of nitrogens with one attached hydrogen (secondary N) is 1. The lowest BCUT2D eigenvalue weighted by Gasteiger charge is -2.11. The normalized spacial score (nSPS) is 10.3. The van der Waals surface area contributed by atoms with Gasteiger partial charge in [0.25, 0.3) is 0 Å². The number of carbonyl (C=O) groups excluding carboxylic acids is 1. The number of ether oxygens (including phenoxy) is 2. The van der Waals surface area contributed by atoms with Crippen LogP contribution >= 0.6 is 11.6 Å². The Balaban J connectivity index is 1.92. The van der Waals surface area contributed by atoms with Gasteiger partial charge in [-0.05, 0) is 43.2 Å². The molecular formula is C19H22ClNO3. The van der Waals surface area contributed by atoms with Crippen molar-refractivity contribution >= 4 is 17.5 Å². The van der Waals surface area contributed by atoms with Crippen molar-refractivity contribution in [2.75, 3.05) is 20.8 Å². The average molecular weight is 348 g/mol. The highest BCUT2D eigenvalue weighted by molar-refractivity contribution is 6.30. The Morgan fingerprint density at radius 3 is 2.42 bits per heavy atom. The van der Waals surface area contributed by atoms with Gasteiger partial charge in [0.15, 0.2) is 0 Å². The Morgan fingerprint density at radius 1 is 1.04 bits per heavy atom. The summed E-state index contributed by atoms with van der Waals surface area (Å²) in [6, 6.07) is 11.3. The number of amides is 1. The van der Waals surface area contributed by atoms with E-state index in [4.69, 9.17) is 21.1 Å². The molecule has 0 spiro atoms. The second-order valence-electron chi connectivity index (χ2n) is 5.55. The number of rotatable bonds is 7. The highest BCUT2D eigenvalue weighted by Crippen LogP contribution is 2.23. The van der Waals surface area contributed by atoms with Crippen molar-refractivity contribution in [3.63, 3.8) is 0 Å². The highest BCUT2D eigenvalue weighted by Gasteiger charge is 2.10. The fourth-order valence-electron chi connectivity index (χ4n) is 2.56. The van der Waals surface area contributed by atoms with E-state index in [0.717, 1.165) is 16.9 Å². The molecule has 0 aliphatic rings. The van der Waals surface area contributed by atoms with E-state index in [9.17, 15) is 4.79 Å². The number of benzene rings is 2. The first-order valence-corrected chi connectivity index (χ1v) is 8.14. The van der Waals surface area contributed by atoms with Crippen LogP contribution in [0.5, 0.6) is 11.5 Å². The highest BCUT2D eigenvalue weighted by atomic mass is 35.5. The summed E-state index contributed by atoms with van der Waals surface area (Å²) < 4.78 is 10.6. The zero-order valence-electron chi connectivity index (χ0n) is 14.2. The first-order chi connectivity index (χ1) is 11.5. The van der Waals surface area contributed by atoms with Gasteiger partial charge >= 0.3 is 0 Å². The molecule has 0 fully saturated rings. The largest absolute Gasteiger partial charge is 0.496 e. The Kier molecular flexibility index (Phi) is 6.50. The molecule has 24 heavy (non-hydrogen) atoms. The molecule has 2 aromatic rings. The zero-order valence-corrected chi connectivity index (χ0v) is 14.9. The minimum absolute atomic E-state index is 0.0674. The van der Waals surface area contributed by atoms with Gasteiger partial charge in [0, 0.05) is 17.1 Å². The third-order valence-electron chi connectivity index (χ3n) is 3.75. The van der Waals surface area contributed by atoms with Crippen molar-refractivity contribution < 1.29 is 14.3 Å². The summed E-state index contributed by atoms with van der Waals surface area (Å²) in [7, 11) is 3.23. The molecule has 0 aromatic heterocycles. The molecule has 0 saturated carbocycles. The lowest BCUT2D eigenvalue weighted by Crippen LogP contribution is -2.27. The summed E-state index contributed by atoms with van der Waals surface area (Å²) >= 11 is 5.99. The topological polar surface area (TPSA) is 47.6 Å². The standard InChI is InChI=1S/C19H22ClNO3/c1-13-4-6-17(23-2)14(10-13)8-9-21-19(22)12-15-11-16(20)5-7-18(15)24-3/h4-7,10-11H,8-9,12H2,1-3H3,(H,21,22). The molecule has 0 aliphatic heterocycles. The average Bonchev–Trinajstić information content (AvgIpc) is 2.55. The number of methoxy groups -OCH3 is 2. The molecule has 2 rings (SSSR count). The third kappa shape index (κ3) is 4.90. The lowest BCUT2D eigenvalue weighted by atomic mass is 10.1. The summed E-state index contributed by atoms with van der Waals surface area (Å²) in [5.74, 6) is 1.43. The van der Waals surface area contributed by atoms with E-state index in [-0.39, 0.29) is 12.3 Å². The van der Waals surface area contributed by atoms with Crippen LogP contribution < -0.4 is 14.8 Å². The van der Waals surface area contributed by atoms with Crippen LogP contribution in [0.1, 0.15) is 16.7 Å². The first kappa shape index (κ1) is 18.1. The van der Waals surface area contributed by atoms with Crippen LogP contribution in [-0.4, -0.2) is 26.7 Å². The first-order valence-electron chi connectivity index (χ1n) is 7.76. The van der Waals surface area contributed by atoms with E-state index in [0.29, 0.717) is 23.7 Å². The predicted octanol–water partition coefficient (Wildman–Crippen LogP) is 3.57. The van der Waals surface area contributed by atoms with Crippen LogP contribution in [0.25, 0.3) is 0 Å². The van der Waals surface area contributed by atoms with Gasteiger partial charge in [0.1, 0.15) is 11.5 Å². The number of carbonyl (C=O) groups is 1. The molecule has 1 N–H and O–H groups in total. The summed E-state index contributed by atoms with van der Waals surface area (Å²) in [4.78, 5) is 12.2. The van der Waals surface area contributed by atoms with Crippen LogP contribution in [0.2, 0.25) is 5.02 Å². The molecule has 0 bridgehead atoms. The van der Waals surface area contributed by atoms with E-state index in [1.165, 1.54) is 5.56 Å². The van der Waals surface area contributed by atoms with Crippen molar-refractivity contribution in [2.45, 2.75) is 19.8 Å². The number of hydrogen-bond donors (Lipinski definition) is 1. The van der Waals surface area contributed by atoms with E-state index in [1.807, 2.05) is 19.1 Å². The van der Waals surface area contributed by atoms with Gasteiger partial charge in [0.05, 0.1) is 20.6 Å². The van der Waals surface area contributed by atoms with Gasteiger partial charge in [-0.1, -0.05) is 29.3 Å². The molecule has 128 valence electrons. The summed E-state index contributed by atoms with van der Waals surface area (Å²) in [6.45, 7) is 2.58. The Morgan fingerprint density at radius 2 is 1.71 bits per heavy atom. The van der Waals surface area contributed by atoms with E-state index < -0.39 is 0 Å². The molecule has 0 radical (unpaired) electrons. The lowest BCUT2D eigenvalue weighted by molar-refractivity contribution is -0.120. The second kappa shape index (κ2) is 8.60. The fourth-order valence-corrected chi connectivity index (χ4v) is 2.75. The molecule has 0 atom stereocenters.